The number of halogens is 5. The second-order valence-electron chi connectivity index (χ2n) is 7.52. The molecule has 1 aliphatic rings. The summed E-state index contributed by atoms with van der Waals surface area (Å²) in [5.41, 5.74) is 0.444. The zero-order valence-electron chi connectivity index (χ0n) is 16.8. The number of pyridine rings is 1. The summed E-state index contributed by atoms with van der Waals surface area (Å²) in [5.74, 6) is -2.01. The van der Waals surface area contributed by atoms with Gasteiger partial charge in [0.1, 0.15) is 23.9 Å². The van der Waals surface area contributed by atoms with Gasteiger partial charge < -0.3 is 9.64 Å². The summed E-state index contributed by atoms with van der Waals surface area (Å²) >= 11 is 0. The van der Waals surface area contributed by atoms with E-state index in [0.717, 1.165) is 16.8 Å². The van der Waals surface area contributed by atoms with Gasteiger partial charge in [-0.2, -0.15) is 18.3 Å². The Morgan fingerprint density at radius 3 is 2.53 bits per heavy atom. The van der Waals surface area contributed by atoms with Crippen LogP contribution in [0.4, 0.5) is 22.0 Å². The number of aromatic nitrogens is 3. The average molecular weight is 454 g/mol. The molecule has 6 nitrogen and oxygen atoms in total. The van der Waals surface area contributed by atoms with Crippen LogP contribution in [0, 0.1) is 11.6 Å². The number of nitrogens with zero attached hydrogens (tertiary/aromatic N) is 4. The van der Waals surface area contributed by atoms with E-state index in [1.54, 1.807) is 4.90 Å². The maximum Gasteiger partial charge on any atom is 0.408 e. The Morgan fingerprint density at radius 1 is 1.06 bits per heavy atom. The maximum absolute atomic E-state index is 13.5. The van der Waals surface area contributed by atoms with Crippen molar-refractivity contribution >= 4 is 16.8 Å². The largest absolute Gasteiger partial charge is 0.408 e. The lowest BCUT2D eigenvalue weighted by Crippen LogP contribution is -2.33. The van der Waals surface area contributed by atoms with Crippen molar-refractivity contribution in [2.75, 3.05) is 26.3 Å². The molecule has 11 heteroatoms. The predicted octanol–water partition coefficient (Wildman–Crippen LogP) is 3.73. The summed E-state index contributed by atoms with van der Waals surface area (Å²) in [6, 6.07) is 4.16. The van der Waals surface area contributed by atoms with Crippen molar-refractivity contribution in [2.24, 2.45) is 0 Å². The van der Waals surface area contributed by atoms with E-state index in [-0.39, 0.29) is 34.3 Å². The molecule has 2 aromatic heterocycles. The third-order valence-corrected chi connectivity index (χ3v) is 5.06. The molecular formula is C21H19F5N4O2. The van der Waals surface area contributed by atoms with Gasteiger partial charge in [-0.25, -0.2) is 8.78 Å². The van der Waals surface area contributed by atoms with Crippen LogP contribution in [-0.2, 0) is 17.7 Å². The Hall–Kier alpha value is -3.08. The molecule has 3 aromatic rings. The number of fused-ring (bicyclic) bond motifs is 1. The number of hydrogen-bond acceptors (Lipinski definition) is 4. The minimum Gasteiger partial charge on any atom is -0.380 e. The molecule has 170 valence electrons. The van der Waals surface area contributed by atoms with E-state index in [0.29, 0.717) is 38.8 Å². The first-order valence-corrected chi connectivity index (χ1v) is 9.94. The Labute approximate surface area is 179 Å². The molecule has 0 unspecified atom stereocenters. The minimum atomic E-state index is -4.56. The molecule has 32 heavy (non-hydrogen) atoms. The third kappa shape index (κ3) is 5.04. The molecule has 4 rings (SSSR count). The number of carbonyl (C=O) groups is 1. The van der Waals surface area contributed by atoms with Gasteiger partial charge in [0.2, 0.25) is 0 Å². The fourth-order valence-corrected chi connectivity index (χ4v) is 3.69. The van der Waals surface area contributed by atoms with Crippen LogP contribution in [0.3, 0.4) is 0 Å². The van der Waals surface area contributed by atoms with Gasteiger partial charge in [0.05, 0.1) is 17.8 Å². The second-order valence-corrected chi connectivity index (χ2v) is 7.52. The van der Waals surface area contributed by atoms with Gasteiger partial charge in [0.15, 0.2) is 0 Å². The van der Waals surface area contributed by atoms with Crippen LogP contribution in [0.1, 0.15) is 28.2 Å². The van der Waals surface area contributed by atoms with Gasteiger partial charge in [-0.15, -0.1) is 0 Å². The molecule has 0 N–H and O–H groups in total. The highest BCUT2D eigenvalue weighted by Gasteiger charge is 2.30. The fraction of sp³-hybridized carbons (Fsp3) is 0.381. The van der Waals surface area contributed by atoms with Crippen LogP contribution in [0.25, 0.3) is 10.9 Å². The van der Waals surface area contributed by atoms with Gasteiger partial charge in [-0.3, -0.25) is 14.5 Å². The lowest BCUT2D eigenvalue weighted by atomic mass is 10.1. The predicted molar refractivity (Wildman–Crippen MR) is 104 cm³/mol. The van der Waals surface area contributed by atoms with Crippen LogP contribution < -0.4 is 0 Å². The Kier molecular flexibility index (Phi) is 6.09. The fourth-order valence-electron chi connectivity index (χ4n) is 3.69. The zero-order valence-corrected chi connectivity index (χ0v) is 16.8. The molecule has 1 amide bonds. The van der Waals surface area contributed by atoms with E-state index in [1.807, 2.05) is 0 Å². The zero-order chi connectivity index (χ0) is 22.9. The van der Waals surface area contributed by atoms with E-state index < -0.39 is 30.3 Å². The smallest absolute Gasteiger partial charge is 0.380 e. The molecule has 1 saturated heterocycles. The second kappa shape index (κ2) is 8.81. The van der Waals surface area contributed by atoms with Crippen molar-refractivity contribution in [1.82, 2.24) is 19.7 Å². The first kappa shape index (κ1) is 22.1. The van der Waals surface area contributed by atoms with E-state index in [2.05, 4.69) is 10.1 Å². The van der Waals surface area contributed by atoms with Crippen molar-refractivity contribution < 1.29 is 31.5 Å². The van der Waals surface area contributed by atoms with Crippen LogP contribution in [0.5, 0.6) is 0 Å². The number of benzene rings is 1. The third-order valence-electron chi connectivity index (χ3n) is 5.06. The van der Waals surface area contributed by atoms with Gasteiger partial charge in [0.25, 0.3) is 5.91 Å². The van der Waals surface area contributed by atoms with Crippen LogP contribution in [-0.4, -0.2) is 58.1 Å². The summed E-state index contributed by atoms with van der Waals surface area (Å²) in [7, 11) is 0. The molecule has 1 aromatic carbocycles. The summed E-state index contributed by atoms with van der Waals surface area (Å²) in [5, 5.41) is 4.30. The SMILES string of the molecule is O=C(c1cc2c(cn1)c(Cc1cc(F)cc(F)c1)nn2CC(F)(F)F)N1CCCOCC1. The summed E-state index contributed by atoms with van der Waals surface area (Å²) in [4.78, 5) is 18.5. The molecule has 0 radical (unpaired) electrons. The van der Waals surface area contributed by atoms with Gasteiger partial charge in [0, 0.05) is 43.8 Å². The lowest BCUT2D eigenvalue weighted by molar-refractivity contribution is -0.141. The van der Waals surface area contributed by atoms with E-state index in [4.69, 9.17) is 4.74 Å². The number of hydrogen-bond donors (Lipinski definition) is 0. The summed E-state index contributed by atoms with van der Waals surface area (Å²) in [6.45, 7) is 0.330. The monoisotopic (exact) mass is 454 g/mol. The van der Waals surface area contributed by atoms with E-state index >= 15 is 0 Å². The molecule has 1 fully saturated rings. The van der Waals surface area contributed by atoms with Crippen LogP contribution in [0.15, 0.2) is 30.5 Å². The average Bonchev–Trinajstić information content (AvgIpc) is 2.88. The number of rotatable bonds is 4. The normalized spacial score (nSPS) is 15.2. The van der Waals surface area contributed by atoms with Gasteiger partial charge in [-0.05, 0) is 30.2 Å². The molecule has 0 spiro atoms. The highest BCUT2D eigenvalue weighted by Crippen LogP contribution is 2.26. The standard InChI is InChI=1S/C21H19F5N4O2/c22-14-6-13(7-15(23)9-14)8-17-16-11-27-18(20(31)29-2-1-4-32-5-3-29)10-19(16)30(28-17)12-21(24,25)26/h6-7,9-11H,1-5,8,12H2. The number of alkyl halides is 3. The highest BCUT2D eigenvalue weighted by molar-refractivity contribution is 5.96. The van der Waals surface area contributed by atoms with Crippen molar-refractivity contribution in [2.45, 2.75) is 25.6 Å². The van der Waals surface area contributed by atoms with E-state index in [1.165, 1.54) is 12.3 Å². The summed E-state index contributed by atoms with van der Waals surface area (Å²) < 4.78 is 72.6. The topological polar surface area (TPSA) is 60.2 Å². The lowest BCUT2D eigenvalue weighted by Gasteiger charge is -2.19. The Bertz CT molecular complexity index is 1120. The number of amides is 1. The molecule has 0 atom stereocenters. The molecule has 0 saturated carbocycles. The van der Waals surface area contributed by atoms with Crippen molar-refractivity contribution in [3.05, 3.63) is 59.0 Å². The Balaban J connectivity index is 1.73. The van der Waals surface area contributed by atoms with Crippen molar-refractivity contribution in [1.29, 1.82) is 0 Å². The quantitative estimate of drug-likeness (QED) is 0.564. The molecule has 0 aliphatic carbocycles. The van der Waals surface area contributed by atoms with Crippen molar-refractivity contribution in [3.8, 4) is 0 Å². The summed E-state index contributed by atoms with van der Waals surface area (Å²) in [6.07, 6.45) is -2.73. The number of ether oxygens (including phenoxy) is 1. The van der Waals surface area contributed by atoms with Crippen LogP contribution in [0.2, 0.25) is 0 Å². The highest BCUT2D eigenvalue weighted by atomic mass is 19.4. The number of carbonyl (C=O) groups excluding carboxylic acids is 1. The van der Waals surface area contributed by atoms with E-state index in [9.17, 15) is 26.7 Å². The molecular weight excluding hydrogens is 435 g/mol. The van der Waals surface area contributed by atoms with Crippen LogP contribution >= 0.6 is 0 Å². The molecule has 0 bridgehead atoms. The van der Waals surface area contributed by atoms with Gasteiger partial charge in [-0.1, -0.05) is 0 Å². The van der Waals surface area contributed by atoms with Gasteiger partial charge >= 0.3 is 6.18 Å². The molecule has 1 aliphatic heterocycles. The minimum absolute atomic E-state index is 0.00826. The van der Waals surface area contributed by atoms with Crippen molar-refractivity contribution in [3.63, 3.8) is 0 Å². The Morgan fingerprint density at radius 2 is 1.81 bits per heavy atom. The molecule has 3 heterocycles. The first-order chi connectivity index (χ1) is 15.2. The first-order valence-electron chi connectivity index (χ1n) is 9.94. The maximum atomic E-state index is 13.5.